The first-order valence-electron chi connectivity index (χ1n) is 7.39. The molecule has 0 heterocycles. The van der Waals surface area contributed by atoms with Gasteiger partial charge in [-0.05, 0) is 53.5 Å². The van der Waals surface area contributed by atoms with E-state index in [4.69, 9.17) is 10.5 Å². The van der Waals surface area contributed by atoms with Gasteiger partial charge < -0.3 is 15.4 Å². The molecular weight excluding hydrogens is 296 g/mol. The van der Waals surface area contributed by atoms with E-state index in [1.807, 2.05) is 6.07 Å². The summed E-state index contributed by atoms with van der Waals surface area (Å²) in [5.41, 5.74) is 7.29. The van der Waals surface area contributed by atoms with Gasteiger partial charge >= 0.3 is 0 Å². The number of benzene rings is 2. The minimum absolute atomic E-state index is 0. The van der Waals surface area contributed by atoms with E-state index in [2.05, 4.69) is 56.1 Å². The van der Waals surface area contributed by atoms with Crippen molar-refractivity contribution in [2.75, 3.05) is 27.2 Å². The van der Waals surface area contributed by atoms with Gasteiger partial charge in [-0.15, -0.1) is 12.4 Å². The Balaban J connectivity index is 0.00000242. The standard InChI is InChI=1S/C18H26N2O.ClH/c1-18(2,12-19)13-20(3)11-14-5-6-16-10-17(21-4)8-7-15(16)9-14;/h5-10H,11-13,19H2,1-4H3;1H. The van der Waals surface area contributed by atoms with Crippen LogP contribution in [0, 0.1) is 5.41 Å². The molecule has 0 bridgehead atoms. The lowest BCUT2D eigenvalue weighted by molar-refractivity contribution is 0.210. The molecule has 3 nitrogen and oxygen atoms in total. The highest BCUT2D eigenvalue weighted by Crippen LogP contribution is 2.23. The summed E-state index contributed by atoms with van der Waals surface area (Å²) in [6.07, 6.45) is 0. The zero-order chi connectivity index (χ0) is 15.5. The monoisotopic (exact) mass is 322 g/mol. The second kappa shape index (κ2) is 7.82. The number of nitrogens with zero attached hydrogens (tertiary/aromatic N) is 1. The van der Waals surface area contributed by atoms with E-state index in [1.54, 1.807) is 7.11 Å². The molecule has 2 N–H and O–H groups in total. The molecule has 2 rings (SSSR count). The van der Waals surface area contributed by atoms with Gasteiger partial charge in [-0.25, -0.2) is 0 Å². The van der Waals surface area contributed by atoms with Crippen LogP contribution in [0.1, 0.15) is 19.4 Å². The van der Waals surface area contributed by atoms with Gasteiger partial charge in [0.2, 0.25) is 0 Å². The fourth-order valence-electron chi connectivity index (χ4n) is 2.66. The maximum Gasteiger partial charge on any atom is 0.119 e. The van der Waals surface area contributed by atoms with E-state index in [0.29, 0.717) is 6.54 Å². The van der Waals surface area contributed by atoms with Crippen LogP contribution in [0.4, 0.5) is 0 Å². The van der Waals surface area contributed by atoms with E-state index in [9.17, 15) is 0 Å². The van der Waals surface area contributed by atoms with Crippen LogP contribution in [0.3, 0.4) is 0 Å². The number of hydrogen-bond acceptors (Lipinski definition) is 3. The number of methoxy groups -OCH3 is 1. The van der Waals surface area contributed by atoms with Gasteiger partial charge in [-0.2, -0.15) is 0 Å². The Morgan fingerprint density at radius 3 is 2.36 bits per heavy atom. The topological polar surface area (TPSA) is 38.5 Å². The Kier molecular flexibility index (Phi) is 6.66. The Morgan fingerprint density at radius 2 is 1.73 bits per heavy atom. The molecule has 0 spiro atoms. The summed E-state index contributed by atoms with van der Waals surface area (Å²) >= 11 is 0. The van der Waals surface area contributed by atoms with Crippen molar-refractivity contribution in [2.45, 2.75) is 20.4 Å². The third kappa shape index (κ3) is 4.87. The molecule has 0 unspecified atom stereocenters. The first-order valence-corrected chi connectivity index (χ1v) is 7.39. The second-order valence-corrected chi connectivity index (χ2v) is 6.59. The molecule has 0 aromatic heterocycles. The maximum absolute atomic E-state index is 5.81. The fourth-order valence-corrected chi connectivity index (χ4v) is 2.66. The van der Waals surface area contributed by atoms with Gasteiger partial charge in [-0.3, -0.25) is 0 Å². The summed E-state index contributed by atoms with van der Waals surface area (Å²) in [7, 11) is 3.85. The Morgan fingerprint density at radius 1 is 1.09 bits per heavy atom. The van der Waals surface area contributed by atoms with Crippen LogP contribution >= 0.6 is 12.4 Å². The second-order valence-electron chi connectivity index (χ2n) is 6.59. The van der Waals surface area contributed by atoms with Gasteiger partial charge in [0.25, 0.3) is 0 Å². The SMILES string of the molecule is COc1ccc2cc(CN(C)CC(C)(C)CN)ccc2c1.Cl. The van der Waals surface area contributed by atoms with Crippen LogP contribution < -0.4 is 10.5 Å². The third-order valence-electron chi connectivity index (χ3n) is 3.81. The fraction of sp³-hybridized carbons (Fsp3) is 0.444. The summed E-state index contributed by atoms with van der Waals surface area (Å²) in [5, 5.41) is 2.46. The normalized spacial score (nSPS) is 11.5. The molecule has 0 aliphatic carbocycles. The molecule has 0 saturated heterocycles. The van der Waals surface area contributed by atoms with E-state index >= 15 is 0 Å². The quantitative estimate of drug-likeness (QED) is 0.881. The maximum atomic E-state index is 5.81. The number of fused-ring (bicyclic) bond motifs is 1. The summed E-state index contributed by atoms with van der Waals surface area (Å²) in [4.78, 5) is 2.33. The molecule has 0 aliphatic rings. The minimum Gasteiger partial charge on any atom is -0.497 e. The molecule has 122 valence electrons. The summed E-state index contributed by atoms with van der Waals surface area (Å²) in [6.45, 7) is 7.04. The molecule has 4 heteroatoms. The number of rotatable bonds is 6. The molecule has 0 radical (unpaired) electrons. The highest BCUT2D eigenvalue weighted by molar-refractivity contribution is 5.85. The number of halogens is 1. The van der Waals surface area contributed by atoms with Crippen molar-refractivity contribution >= 4 is 23.2 Å². The first kappa shape index (κ1) is 18.8. The van der Waals surface area contributed by atoms with Crippen molar-refractivity contribution in [2.24, 2.45) is 11.1 Å². The largest absolute Gasteiger partial charge is 0.497 e. The lowest BCUT2D eigenvalue weighted by atomic mass is 9.93. The average Bonchev–Trinajstić information content (AvgIpc) is 2.46. The van der Waals surface area contributed by atoms with Crippen molar-refractivity contribution in [3.05, 3.63) is 42.0 Å². The Hall–Kier alpha value is -1.29. The molecular formula is C18H27ClN2O. The number of hydrogen-bond donors (Lipinski definition) is 1. The number of nitrogens with two attached hydrogens (primary N) is 1. The molecule has 2 aromatic rings. The van der Waals surface area contributed by atoms with E-state index in [1.165, 1.54) is 16.3 Å². The average molecular weight is 323 g/mol. The van der Waals surface area contributed by atoms with Crippen LogP contribution in [0.15, 0.2) is 36.4 Å². The summed E-state index contributed by atoms with van der Waals surface area (Å²) < 4.78 is 5.26. The van der Waals surface area contributed by atoms with Crippen LogP contribution in [-0.4, -0.2) is 32.1 Å². The Bertz CT molecular complexity index is 613. The lowest BCUT2D eigenvalue weighted by Gasteiger charge is -2.29. The zero-order valence-electron chi connectivity index (χ0n) is 13.9. The van der Waals surface area contributed by atoms with E-state index in [-0.39, 0.29) is 17.8 Å². The Labute approximate surface area is 139 Å². The van der Waals surface area contributed by atoms with Crippen LogP contribution in [0.5, 0.6) is 5.75 Å². The molecule has 22 heavy (non-hydrogen) atoms. The van der Waals surface area contributed by atoms with Crippen molar-refractivity contribution in [1.29, 1.82) is 0 Å². The highest BCUT2D eigenvalue weighted by Gasteiger charge is 2.18. The predicted octanol–water partition coefficient (Wildman–Crippen LogP) is 3.69. The summed E-state index contributed by atoms with van der Waals surface area (Å²) in [6, 6.07) is 12.8. The smallest absolute Gasteiger partial charge is 0.119 e. The van der Waals surface area contributed by atoms with E-state index < -0.39 is 0 Å². The lowest BCUT2D eigenvalue weighted by Crippen LogP contribution is -2.36. The van der Waals surface area contributed by atoms with Gasteiger partial charge in [0.1, 0.15) is 5.75 Å². The van der Waals surface area contributed by atoms with Crippen molar-refractivity contribution < 1.29 is 4.74 Å². The van der Waals surface area contributed by atoms with Crippen LogP contribution in [0.25, 0.3) is 10.8 Å². The number of ether oxygens (including phenoxy) is 1. The van der Waals surface area contributed by atoms with Crippen LogP contribution in [0.2, 0.25) is 0 Å². The molecule has 0 amide bonds. The molecule has 0 saturated carbocycles. The predicted molar refractivity (Wildman–Crippen MR) is 96.9 cm³/mol. The first-order chi connectivity index (χ1) is 9.93. The van der Waals surface area contributed by atoms with Crippen molar-refractivity contribution in [3.8, 4) is 5.75 Å². The third-order valence-corrected chi connectivity index (χ3v) is 3.81. The van der Waals surface area contributed by atoms with Crippen molar-refractivity contribution in [1.82, 2.24) is 4.90 Å². The molecule has 0 fully saturated rings. The van der Waals surface area contributed by atoms with Crippen LogP contribution in [-0.2, 0) is 6.54 Å². The van der Waals surface area contributed by atoms with Gasteiger partial charge in [0, 0.05) is 13.1 Å². The van der Waals surface area contributed by atoms with Gasteiger partial charge in [-0.1, -0.05) is 32.0 Å². The van der Waals surface area contributed by atoms with Crippen molar-refractivity contribution in [3.63, 3.8) is 0 Å². The molecule has 0 atom stereocenters. The zero-order valence-corrected chi connectivity index (χ0v) is 14.7. The minimum atomic E-state index is 0. The van der Waals surface area contributed by atoms with Gasteiger partial charge in [0.05, 0.1) is 7.11 Å². The summed E-state index contributed by atoms with van der Waals surface area (Å²) in [5.74, 6) is 0.900. The van der Waals surface area contributed by atoms with E-state index in [0.717, 1.165) is 18.8 Å². The van der Waals surface area contributed by atoms with Gasteiger partial charge in [0.15, 0.2) is 0 Å². The molecule has 0 aliphatic heterocycles. The highest BCUT2D eigenvalue weighted by atomic mass is 35.5. The molecule has 2 aromatic carbocycles.